The molecule has 9 nitrogen and oxygen atoms in total. The highest BCUT2D eigenvalue weighted by molar-refractivity contribution is 6.13. The predicted molar refractivity (Wildman–Crippen MR) is 187 cm³/mol. The van der Waals surface area contributed by atoms with E-state index >= 15 is 0 Å². The Morgan fingerprint density at radius 3 is 1.49 bits per heavy atom. The smallest absolute Gasteiger partial charge is 0.408 e. The van der Waals surface area contributed by atoms with Crippen molar-refractivity contribution >= 4 is 30.5 Å². The fraction of sp³-hybridized carbons (Fsp3) is 0.395. The molecule has 0 radical (unpaired) electrons. The molecule has 2 atom stereocenters. The fourth-order valence-electron chi connectivity index (χ4n) is 4.18. The van der Waals surface area contributed by atoms with E-state index in [1.54, 1.807) is 53.7 Å². The van der Waals surface area contributed by atoms with Gasteiger partial charge in [-0.1, -0.05) is 91.0 Å². The third kappa shape index (κ3) is 14.9. The maximum atomic E-state index is 12.5. The lowest BCUT2D eigenvalue weighted by atomic mass is 9.99. The SMILES string of the molecule is C=NC(C(=O)OC(C)(C)C)C(NC(=O)OC(C)(C)C)c1ccccc1.CC(C)(C)OC(=O)CN=C(c1ccccc1)c1ccccc1. The number of alkyl carbamates (subject to hydrolysis) is 1. The number of aliphatic imine (C=N–C) groups is 2. The van der Waals surface area contributed by atoms with E-state index in [0.717, 1.165) is 16.8 Å². The van der Waals surface area contributed by atoms with Crippen LogP contribution in [-0.2, 0) is 23.8 Å². The number of nitrogens with one attached hydrogen (secondary N) is 1. The highest BCUT2D eigenvalue weighted by atomic mass is 16.6. The number of carbonyl (C=O) groups is 3. The highest BCUT2D eigenvalue weighted by Crippen LogP contribution is 2.23. The van der Waals surface area contributed by atoms with Crippen LogP contribution in [0, 0.1) is 0 Å². The van der Waals surface area contributed by atoms with Gasteiger partial charge in [0, 0.05) is 11.1 Å². The molecular weight excluding hydrogens is 594 g/mol. The molecule has 0 spiro atoms. The summed E-state index contributed by atoms with van der Waals surface area (Å²) in [5.74, 6) is -0.885. The topological polar surface area (TPSA) is 116 Å². The Labute approximate surface area is 279 Å². The van der Waals surface area contributed by atoms with Gasteiger partial charge in [0.05, 0.1) is 11.8 Å². The van der Waals surface area contributed by atoms with Gasteiger partial charge < -0.3 is 19.5 Å². The summed E-state index contributed by atoms with van der Waals surface area (Å²) in [7, 11) is 0. The summed E-state index contributed by atoms with van der Waals surface area (Å²) >= 11 is 0. The van der Waals surface area contributed by atoms with Gasteiger partial charge in [0.1, 0.15) is 23.3 Å². The van der Waals surface area contributed by atoms with E-state index in [2.05, 4.69) is 22.0 Å². The molecule has 0 saturated carbocycles. The van der Waals surface area contributed by atoms with Crippen LogP contribution >= 0.6 is 0 Å². The summed E-state index contributed by atoms with van der Waals surface area (Å²) < 4.78 is 16.0. The molecule has 3 aromatic carbocycles. The van der Waals surface area contributed by atoms with Gasteiger partial charge in [0.2, 0.25) is 0 Å². The minimum atomic E-state index is -0.992. The molecule has 2 unspecified atom stereocenters. The average Bonchev–Trinajstić information content (AvgIpc) is 2.96. The third-order valence-electron chi connectivity index (χ3n) is 5.87. The van der Waals surface area contributed by atoms with Crippen LogP contribution in [0.5, 0.6) is 0 Å². The predicted octanol–water partition coefficient (Wildman–Crippen LogP) is 7.53. The van der Waals surface area contributed by atoms with E-state index < -0.39 is 40.9 Å². The Hall–Kier alpha value is -4.79. The number of carbonyl (C=O) groups excluding carboxylic acids is 3. The van der Waals surface area contributed by atoms with Crippen molar-refractivity contribution in [2.75, 3.05) is 6.54 Å². The van der Waals surface area contributed by atoms with Crippen molar-refractivity contribution in [3.05, 3.63) is 108 Å². The van der Waals surface area contributed by atoms with E-state index in [9.17, 15) is 14.4 Å². The largest absolute Gasteiger partial charge is 0.459 e. The minimum Gasteiger partial charge on any atom is -0.459 e. The summed E-state index contributed by atoms with van der Waals surface area (Å²) in [6.45, 7) is 19.7. The van der Waals surface area contributed by atoms with Crippen molar-refractivity contribution in [1.82, 2.24) is 5.32 Å². The van der Waals surface area contributed by atoms with Crippen LogP contribution in [0.25, 0.3) is 0 Å². The monoisotopic (exact) mass is 643 g/mol. The third-order valence-corrected chi connectivity index (χ3v) is 5.87. The molecule has 9 heteroatoms. The van der Waals surface area contributed by atoms with Crippen molar-refractivity contribution in [1.29, 1.82) is 0 Å². The van der Waals surface area contributed by atoms with Crippen molar-refractivity contribution in [2.45, 2.75) is 91.2 Å². The van der Waals surface area contributed by atoms with Gasteiger partial charge >= 0.3 is 18.0 Å². The molecule has 0 aliphatic rings. The Kier molecular flexibility index (Phi) is 14.1. The van der Waals surface area contributed by atoms with E-state index in [0.29, 0.717) is 5.56 Å². The van der Waals surface area contributed by atoms with Crippen LogP contribution in [0.4, 0.5) is 4.79 Å². The summed E-state index contributed by atoms with van der Waals surface area (Å²) in [4.78, 5) is 45.0. The average molecular weight is 644 g/mol. The lowest BCUT2D eigenvalue weighted by molar-refractivity contribution is -0.157. The van der Waals surface area contributed by atoms with E-state index in [1.165, 1.54) is 0 Å². The number of rotatable bonds is 9. The van der Waals surface area contributed by atoms with E-state index in [4.69, 9.17) is 14.2 Å². The molecule has 0 fully saturated rings. The van der Waals surface area contributed by atoms with E-state index in [-0.39, 0.29) is 12.5 Å². The maximum absolute atomic E-state index is 12.5. The van der Waals surface area contributed by atoms with Gasteiger partial charge in [-0.05, 0) is 74.6 Å². The first kappa shape index (κ1) is 38.4. The summed E-state index contributed by atoms with van der Waals surface area (Å²) in [5.41, 5.74) is 1.64. The Morgan fingerprint density at radius 2 is 1.09 bits per heavy atom. The number of ether oxygens (including phenoxy) is 3. The number of benzene rings is 3. The van der Waals surface area contributed by atoms with Gasteiger partial charge in [0.15, 0.2) is 6.04 Å². The first-order valence-electron chi connectivity index (χ1n) is 15.5. The van der Waals surface area contributed by atoms with Crippen molar-refractivity contribution in [2.24, 2.45) is 9.98 Å². The number of nitrogens with zero attached hydrogens (tertiary/aromatic N) is 2. The Balaban J connectivity index is 0.000000329. The number of amides is 1. The molecule has 0 aliphatic carbocycles. The maximum Gasteiger partial charge on any atom is 0.408 e. The minimum absolute atomic E-state index is 0.0103. The van der Waals surface area contributed by atoms with Gasteiger partial charge in [-0.15, -0.1) is 0 Å². The van der Waals surface area contributed by atoms with Gasteiger partial charge in [-0.25, -0.2) is 9.59 Å². The van der Waals surface area contributed by atoms with Crippen LogP contribution in [0.3, 0.4) is 0 Å². The van der Waals surface area contributed by atoms with Gasteiger partial charge in [-0.2, -0.15) is 0 Å². The Bertz CT molecular complexity index is 1430. The molecule has 0 aromatic heterocycles. The second-order valence-electron chi connectivity index (χ2n) is 13.7. The summed E-state index contributed by atoms with van der Waals surface area (Å²) in [6.07, 6.45) is -0.640. The number of hydrogen-bond donors (Lipinski definition) is 1. The number of hydrogen-bond acceptors (Lipinski definition) is 8. The molecule has 0 aliphatic heterocycles. The molecular formula is C38H49N3O6. The van der Waals surface area contributed by atoms with Gasteiger partial charge in [-0.3, -0.25) is 14.8 Å². The standard InChI is InChI=1S/C19H28N2O4.C19H21NO2/c1-18(2,3)24-16(22)15(20-7)14(13-11-9-8-10-12-13)21-17(23)25-19(4,5)6;1-19(2,3)22-17(21)14-20-18(15-10-6-4-7-11-15)16-12-8-5-9-13-16/h8-12,14-15H,7H2,1-6H3,(H,21,23);4-13H,14H2,1-3H3. The second kappa shape index (κ2) is 17.2. The van der Waals surface area contributed by atoms with Crippen molar-refractivity contribution < 1.29 is 28.6 Å². The van der Waals surface area contributed by atoms with Crippen LogP contribution in [-0.4, -0.2) is 59.9 Å². The van der Waals surface area contributed by atoms with Gasteiger partial charge in [0.25, 0.3) is 0 Å². The van der Waals surface area contributed by atoms with Crippen LogP contribution in [0.1, 0.15) is 85.0 Å². The zero-order valence-electron chi connectivity index (χ0n) is 29.1. The molecule has 0 heterocycles. The summed E-state index contributed by atoms with van der Waals surface area (Å²) in [5, 5.41) is 2.71. The lowest BCUT2D eigenvalue weighted by Crippen LogP contribution is -2.43. The molecule has 1 amide bonds. The molecule has 1 N–H and O–H groups in total. The second-order valence-corrected chi connectivity index (χ2v) is 13.7. The highest BCUT2D eigenvalue weighted by Gasteiger charge is 2.34. The quantitative estimate of drug-likeness (QED) is 0.146. The van der Waals surface area contributed by atoms with E-state index in [1.807, 2.05) is 99.6 Å². The number of esters is 2. The zero-order valence-corrected chi connectivity index (χ0v) is 29.1. The molecule has 0 bridgehead atoms. The molecule has 3 rings (SSSR count). The molecule has 0 saturated heterocycles. The summed E-state index contributed by atoms with van der Waals surface area (Å²) in [6, 6.07) is 27.0. The van der Waals surface area contributed by atoms with Crippen LogP contribution in [0.15, 0.2) is 101 Å². The lowest BCUT2D eigenvalue weighted by Gasteiger charge is -2.28. The molecule has 47 heavy (non-hydrogen) atoms. The normalized spacial score (nSPS) is 12.6. The first-order chi connectivity index (χ1) is 21.9. The zero-order chi connectivity index (χ0) is 35.3. The first-order valence-corrected chi connectivity index (χ1v) is 15.5. The van der Waals surface area contributed by atoms with Crippen molar-refractivity contribution in [3.63, 3.8) is 0 Å². The molecule has 252 valence electrons. The van der Waals surface area contributed by atoms with Crippen molar-refractivity contribution in [3.8, 4) is 0 Å². The Morgan fingerprint density at radius 1 is 0.660 bits per heavy atom. The van der Waals surface area contributed by atoms with Crippen LogP contribution in [0.2, 0.25) is 0 Å². The molecule has 3 aromatic rings. The van der Waals surface area contributed by atoms with Crippen LogP contribution < -0.4 is 5.32 Å². The fourth-order valence-corrected chi connectivity index (χ4v) is 4.18.